The zero-order valence-corrected chi connectivity index (χ0v) is 9.35. The topological polar surface area (TPSA) is 0 Å². The van der Waals surface area contributed by atoms with E-state index in [1.807, 2.05) is 0 Å². The molecule has 61 valence electrons. The van der Waals surface area contributed by atoms with Crippen LogP contribution < -0.4 is 0 Å². The van der Waals surface area contributed by atoms with Crippen molar-refractivity contribution in [2.75, 3.05) is 0 Å². The summed E-state index contributed by atoms with van der Waals surface area (Å²) in [5, 5.41) is 0. The molecule has 1 aliphatic carbocycles. The van der Waals surface area contributed by atoms with Gasteiger partial charge in [0.2, 0.25) is 0 Å². The molecule has 0 amide bonds. The predicted octanol–water partition coefficient (Wildman–Crippen LogP) is 2.03. The van der Waals surface area contributed by atoms with E-state index in [0.717, 1.165) is 0 Å². The molecule has 0 spiro atoms. The zero-order valence-electron chi connectivity index (χ0n) is 7.25. The monoisotopic (exact) mass is 227 g/mol. The standard InChI is InChI=1S/C12H9Ge/c1-2-4-11-9(3-1)7-10-8-13-6-5-12(10)11/h1-6,8H,7H2. The predicted molar refractivity (Wildman–Crippen MR) is 58.0 cm³/mol. The van der Waals surface area contributed by atoms with Crippen molar-refractivity contribution >= 4 is 25.4 Å². The maximum absolute atomic E-state index is 2.47. The summed E-state index contributed by atoms with van der Waals surface area (Å²) in [7, 11) is 0. The molecule has 13 heavy (non-hydrogen) atoms. The van der Waals surface area contributed by atoms with Gasteiger partial charge < -0.3 is 0 Å². The van der Waals surface area contributed by atoms with E-state index >= 15 is 0 Å². The van der Waals surface area contributed by atoms with E-state index in [1.165, 1.54) is 23.1 Å². The summed E-state index contributed by atoms with van der Waals surface area (Å²) in [6, 6.07) is 8.75. The van der Waals surface area contributed by atoms with E-state index in [2.05, 4.69) is 40.1 Å². The van der Waals surface area contributed by atoms with Crippen molar-refractivity contribution in [2.24, 2.45) is 0 Å². The fourth-order valence-corrected chi connectivity index (χ4v) is 3.73. The van der Waals surface area contributed by atoms with Gasteiger partial charge in [-0.15, -0.1) is 0 Å². The Morgan fingerprint density at radius 3 is 3.08 bits per heavy atom. The van der Waals surface area contributed by atoms with Crippen LogP contribution in [0.25, 0.3) is 5.57 Å². The zero-order chi connectivity index (χ0) is 8.67. The maximum atomic E-state index is 2.47. The SMILES string of the molecule is [CH]1=CC2=C([CH]=[Ge]1)Cc1ccccc12. The number of hydrogen-bond donors (Lipinski definition) is 0. The normalized spacial score (nSPS) is 17.5. The van der Waals surface area contributed by atoms with Crippen LogP contribution in [0.5, 0.6) is 0 Å². The Balaban J connectivity index is 2.24. The average molecular weight is 226 g/mol. The first kappa shape index (κ1) is 7.51. The molecule has 0 fully saturated rings. The molecule has 0 saturated heterocycles. The Bertz CT molecular complexity index is 450. The van der Waals surface area contributed by atoms with Gasteiger partial charge in [-0.1, -0.05) is 0 Å². The fourth-order valence-electron chi connectivity index (χ4n) is 2.02. The molecule has 1 heterocycles. The molecule has 0 unspecified atom stereocenters. The number of rotatable bonds is 0. The number of fused-ring (bicyclic) bond motifs is 2. The van der Waals surface area contributed by atoms with Crippen molar-refractivity contribution in [3.63, 3.8) is 0 Å². The van der Waals surface area contributed by atoms with Crippen LogP contribution >= 0.6 is 0 Å². The number of hydrogen-bond acceptors (Lipinski definition) is 0. The number of allylic oxidation sites excluding steroid dienone is 3. The summed E-state index contributed by atoms with van der Waals surface area (Å²) >= 11 is 0.0922. The van der Waals surface area contributed by atoms with Gasteiger partial charge in [0.1, 0.15) is 0 Å². The molecule has 0 aromatic heterocycles. The first-order valence-corrected chi connectivity index (χ1v) is 6.95. The van der Waals surface area contributed by atoms with Gasteiger partial charge in [0.25, 0.3) is 0 Å². The Kier molecular flexibility index (Phi) is 1.62. The molecule has 2 aliphatic rings. The average Bonchev–Trinajstić information content (AvgIpc) is 2.56. The van der Waals surface area contributed by atoms with Gasteiger partial charge in [-0.05, 0) is 0 Å². The van der Waals surface area contributed by atoms with E-state index in [4.69, 9.17) is 0 Å². The molecule has 1 aliphatic heterocycles. The van der Waals surface area contributed by atoms with Crippen LogP contribution in [-0.2, 0) is 6.42 Å². The Hall–Kier alpha value is -0.887. The molecule has 3 rings (SSSR count). The van der Waals surface area contributed by atoms with Crippen molar-refractivity contribution in [1.82, 2.24) is 0 Å². The minimum absolute atomic E-state index is 0.0922. The summed E-state index contributed by atoms with van der Waals surface area (Å²) in [6.07, 6.45) is 3.49. The summed E-state index contributed by atoms with van der Waals surface area (Å²) in [5.74, 6) is 0. The third kappa shape index (κ3) is 1.09. The molecule has 0 atom stereocenters. The van der Waals surface area contributed by atoms with Crippen molar-refractivity contribution < 1.29 is 0 Å². The van der Waals surface area contributed by atoms with Crippen molar-refractivity contribution in [3.8, 4) is 0 Å². The molecule has 1 heteroatoms. The van der Waals surface area contributed by atoms with E-state index in [-0.39, 0.29) is 15.0 Å². The van der Waals surface area contributed by atoms with E-state index in [9.17, 15) is 0 Å². The summed E-state index contributed by atoms with van der Waals surface area (Å²) in [6.45, 7) is 0. The molecule has 0 nitrogen and oxygen atoms in total. The molecule has 0 N–H and O–H groups in total. The van der Waals surface area contributed by atoms with Crippen LogP contribution in [-0.4, -0.2) is 19.8 Å². The third-order valence-electron chi connectivity index (χ3n) is 2.64. The van der Waals surface area contributed by atoms with Crippen LogP contribution in [0.2, 0.25) is 0 Å². The second-order valence-corrected chi connectivity index (χ2v) is 5.42. The molecule has 1 aromatic rings. The van der Waals surface area contributed by atoms with Crippen LogP contribution in [0.3, 0.4) is 0 Å². The molecular formula is C12H9Ge. The van der Waals surface area contributed by atoms with Gasteiger partial charge in [-0.3, -0.25) is 0 Å². The van der Waals surface area contributed by atoms with Crippen molar-refractivity contribution in [3.05, 3.63) is 52.0 Å². The second-order valence-electron chi connectivity index (χ2n) is 3.42. The van der Waals surface area contributed by atoms with Crippen LogP contribution in [0, 0.1) is 0 Å². The summed E-state index contributed by atoms with van der Waals surface area (Å²) in [4.78, 5) is 4.83. The second kappa shape index (κ2) is 2.81. The van der Waals surface area contributed by atoms with Gasteiger partial charge in [0.15, 0.2) is 0 Å². The molecular weight excluding hydrogens is 217 g/mol. The van der Waals surface area contributed by atoms with Gasteiger partial charge in [-0.25, -0.2) is 0 Å². The Morgan fingerprint density at radius 2 is 2.08 bits per heavy atom. The Labute approximate surface area is 84.0 Å². The van der Waals surface area contributed by atoms with E-state index in [0.29, 0.717) is 0 Å². The van der Waals surface area contributed by atoms with Crippen LogP contribution in [0.15, 0.2) is 40.8 Å². The molecule has 1 radical (unpaired) electrons. The van der Waals surface area contributed by atoms with Crippen molar-refractivity contribution in [2.45, 2.75) is 6.42 Å². The van der Waals surface area contributed by atoms with Gasteiger partial charge >= 0.3 is 83.8 Å². The van der Waals surface area contributed by atoms with Gasteiger partial charge in [0.05, 0.1) is 0 Å². The van der Waals surface area contributed by atoms with Gasteiger partial charge in [0, 0.05) is 0 Å². The van der Waals surface area contributed by atoms with Crippen LogP contribution in [0.1, 0.15) is 11.1 Å². The number of benzene rings is 1. The molecule has 0 bridgehead atoms. The van der Waals surface area contributed by atoms with E-state index in [1.54, 1.807) is 5.57 Å². The minimum atomic E-state index is 0.0922. The molecule has 0 saturated carbocycles. The first-order valence-electron chi connectivity index (χ1n) is 4.52. The van der Waals surface area contributed by atoms with E-state index < -0.39 is 0 Å². The first-order chi connectivity index (χ1) is 6.45. The quantitative estimate of drug-likeness (QED) is 0.593. The fraction of sp³-hybridized carbons (Fsp3) is 0.0833. The van der Waals surface area contributed by atoms with Crippen LogP contribution in [0.4, 0.5) is 0 Å². The third-order valence-corrected chi connectivity index (χ3v) is 4.47. The summed E-state index contributed by atoms with van der Waals surface area (Å²) in [5.41, 5.74) is 6.01. The summed E-state index contributed by atoms with van der Waals surface area (Å²) < 4.78 is 0. The van der Waals surface area contributed by atoms with Gasteiger partial charge in [-0.2, -0.15) is 0 Å². The Morgan fingerprint density at radius 1 is 1.15 bits per heavy atom. The van der Waals surface area contributed by atoms with Crippen molar-refractivity contribution in [1.29, 1.82) is 0 Å². The molecule has 1 aromatic carbocycles.